The van der Waals surface area contributed by atoms with Crippen molar-refractivity contribution in [2.45, 2.75) is 46.6 Å². The molecule has 27 heavy (non-hydrogen) atoms. The van der Waals surface area contributed by atoms with Crippen LogP contribution in [0.1, 0.15) is 47.4 Å². The van der Waals surface area contributed by atoms with E-state index in [1.54, 1.807) is 11.3 Å². The first kappa shape index (κ1) is 19.6. The van der Waals surface area contributed by atoms with Crippen molar-refractivity contribution in [2.75, 3.05) is 0 Å². The molecule has 7 heteroatoms. The van der Waals surface area contributed by atoms with E-state index in [9.17, 15) is 4.79 Å². The number of aromatic nitrogens is 3. The second kappa shape index (κ2) is 8.23. The lowest BCUT2D eigenvalue weighted by atomic mass is 10.1. The molecule has 0 unspecified atom stereocenters. The van der Waals surface area contributed by atoms with Gasteiger partial charge in [-0.3, -0.25) is 4.79 Å². The maximum absolute atomic E-state index is 12.4. The maximum atomic E-state index is 12.4. The molecule has 142 valence electrons. The van der Waals surface area contributed by atoms with Crippen molar-refractivity contribution in [3.8, 4) is 5.69 Å². The highest BCUT2D eigenvalue weighted by molar-refractivity contribution is 7.09. The van der Waals surface area contributed by atoms with Crippen molar-refractivity contribution >= 4 is 28.8 Å². The van der Waals surface area contributed by atoms with Gasteiger partial charge in [-0.1, -0.05) is 25.4 Å². The van der Waals surface area contributed by atoms with Crippen LogP contribution in [0.2, 0.25) is 5.02 Å². The minimum absolute atomic E-state index is 0.0315. The summed E-state index contributed by atoms with van der Waals surface area (Å²) in [6.07, 6.45) is 0.298. The van der Waals surface area contributed by atoms with Gasteiger partial charge >= 0.3 is 0 Å². The Morgan fingerprint density at radius 2 is 1.96 bits per heavy atom. The quantitative estimate of drug-likeness (QED) is 0.656. The van der Waals surface area contributed by atoms with Crippen LogP contribution in [0.4, 0.5) is 0 Å². The Hall–Kier alpha value is -2.18. The largest absolute Gasteiger partial charge is 0.350 e. The Labute approximate surface area is 168 Å². The average Bonchev–Trinajstić information content (AvgIpc) is 3.21. The van der Waals surface area contributed by atoms with E-state index in [2.05, 4.69) is 29.2 Å². The summed E-state index contributed by atoms with van der Waals surface area (Å²) in [5.74, 6) is 0.374. The summed E-state index contributed by atoms with van der Waals surface area (Å²) in [6.45, 7) is 8.59. The van der Waals surface area contributed by atoms with E-state index in [1.807, 2.05) is 48.2 Å². The summed E-state index contributed by atoms with van der Waals surface area (Å²) in [5, 5.41) is 11.3. The van der Waals surface area contributed by atoms with E-state index in [4.69, 9.17) is 11.6 Å². The lowest BCUT2D eigenvalue weighted by Gasteiger charge is -2.06. The van der Waals surface area contributed by atoms with Gasteiger partial charge in [-0.25, -0.2) is 9.67 Å². The smallest absolute Gasteiger partial charge is 0.224 e. The van der Waals surface area contributed by atoms with Crippen molar-refractivity contribution in [2.24, 2.45) is 0 Å². The Morgan fingerprint density at radius 3 is 2.59 bits per heavy atom. The average molecular weight is 403 g/mol. The maximum Gasteiger partial charge on any atom is 0.224 e. The highest BCUT2D eigenvalue weighted by atomic mass is 35.5. The van der Waals surface area contributed by atoms with Gasteiger partial charge in [-0.05, 0) is 38.1 Å². The summed E-state index contributed by atoms with van der Waals surface area (Å²) in [6, 6.07) is 7.50. The number of carbonyl (C=O) groups is 1. The summed E-state index contributed by atoms with van der Waals surface area (Å²) in [4.78, 5) is 17.0. The zero-order valence-electron chi connectivity index (χ0n) is 15.9. The first-order valence-corrected chi connectivity index (χ1v) is 10.1. The molecule has 0 aliphatic rings. The number of aryl methyl sites for hydroxylation is 1. The number of carbonyl (C=O) groups excluding carboxylic acids is 1. The number of rotatable bonds is 6. The zero-order valence-corrected chi connectivity index (χ0v) is 17.5. The van der Waals surface area contributed by atoms with Crippen LogP contribution in [-0.4, -0.2) is 20.7 Å². The highest BCUT2D eigenvalue weighted by Crippen LogP contribution is 2.21. The summed E-state index contributed by atoms with van der Waals surface area (Å²) < 4.78 is 1.85. The van der Waals surface area contributed by atoms with Crippen LogP contribution < -0.4 is 5.32 Å². The van der Waals surface area contributed by atoms with E-state index in [0.29, 0.717) is 23.9 Å². The predicted molar refractivity (Wildman–Crippen MR) is 110 cm³/mol. The molecule has 2 heterocycles. The lowest BCUT2D eigenvalue weighted by molar-refractivity contribution is -0.120. The molecule has 0 spiro atoms. The van der Waals surface area contributed by atoms with Crippen LogP contribution in [0.15, 0.2) is 29.6 Å². The highest BCUT2D eigenvalue weighted by Gasteiger charge is 2.16. The molecule has 1 aromatic carbocycles. The molecule has 0 saturated heterocycles. The van der Waals surface area contributed by atoms with Crippen LogP contribution in [0, 0.1) is 13.8 Å². The summed E-state index contributed by atoms with van der Waals surface area (Å²) in [7, 11) is 0. The fourth-order valence-electron chi connectivity index (χ4n) is 2.85. The third-order valence-corrected chi connectivity index (χ3v) is 5.83. The predicted octanol–water partition coefficient (Wildman–Crippen LogP) is 4.58. The number of hydrogen-bond acceptors (Lipinski definition) is 4. The van der Waals surface area contributed by atoms with E-state index in [-0.39, 0.29) is 5.91 Å². The van der Waals surface area contributed by atoms with Crippen molar-refractivity contribution < 1.29 is 4.79 Å². The van der Waals surface area contributed by atoms with Crippen LogP contribution in [0.3, 0.4) is 0 Å². The standard InChI is InChI=1S/C20H23ClN4OS/c1-12(2)20-23-16(11-27-20)10-22-19(26)9-18-13(3)24-25(14(18)4)17-7-5-15(21)6-8-17/h5-8,11-12H,9-10H2,1-4H3,(H,22,26). The molecular weight excluding hydrogens is 380 g/mol. The number of halogens is 1. The molecule has 0 atom stereocenters. The van der Waals surface area contributed by atoms with E-state index in [0.717, 1.165) is 33.3 Å². The van der Waals surface area contributed by atoms with Gasteiger partial charge in [0.2, 0.25) is 5.91 Å². The minimum atomic E-state index is -0.0315. The Bertz CT molecular complexity index is 944. The van der Waals surface area contributed by atoms with E-state index >= 15 is 0 Å². The van der Waals surface area contributed by atoms with Gasteiger partial charge in [0, 0.05) is 27.6 Å². The van der Waals surface area contributed by atoms with Gasteiger partial charge in [0.25, 0.3) is 0 Å². The number of benzene rings is 1. The third-order valence-electron chi connectivity index (χ3n) is 4.38. The van der Waals surface area contributed by atoms with Gasteiger partial charge in [-0.15, -0.1) is 11.3 Å². The van der Waals surface area contributed by atoms with E-state index in [1.165, 1.54) is 0 Å². The van der Waals surface area contributed by atoms with Crippen molar-refractivity contribution in [1.82, 2.24) is 20.1 Å². The molecular formula is C20H23ClN4OS. The van der Waals surface area contributed by atoms with Gasteiger partial charge in [-0.2, -0.15) is 5.10 Å². The number of nitrogens with one attached hydrogen (secondary N) is 1. The molecule has 0 fully saturated rings. The Morgan fingerprint density at radius 1 is 1.26 bits per heavy atom. The molecule has 0 bridgehead atoms. The van der Waals surface area contributed by atoms with Crippen LogP contribution in [0.25, 0.3) is 5.69 Å². The van der Waals surface area contributed by atoms with Crippen LogP contribution in [-0.2, 0) is 17.8 Å². The first-order valence-electron chi connectivity index (χ1n) is 8.87. The minimum Gasteiger partial charge on any atom is -0.350 e. The van der Waals surface area contributed by atoms with E-state index < -0.39 is 0 Å². The fraction of sp³-hybridized carbons (Fsp3) is 0.350. The summed E-state index contributed by atoms with van der Waals surface area (Å²) >= 11 is 7.60. The molecule has 3 rings (SSSR count). The topological polar surface area (TPSA) is 59.8 Å². The van der Waals surface area contributed by atoms with Crippen LogP contribution >= 0.6 is 22.9 Å². The molecule has 1 amide bonds. The Kier molecular flexibility index (Phi) is 5.97. The third kappa shape index (κ3) is 4.57. The summed E-state index contributed by atoms with van der Waals surface area (Å²) in [5.41, 5.74) is 4.59. The SMILES string of the molecule is Cc1nn(-c2ccc(Cl)cc2)c(C)c1CC(=O)NCc1csc(C(C)C)n1. The molecule has 3 aromatic rings. The molecule has 0 aliphatic heterocycles. The normalized spacial score (nSPS) is 11.2. The molecule has 0 radical (unpaired) electrons. The zero-order chi connectivity index (χ0) is 19.6. The molecule has 1 N–H and O–H groups in total. The molecule has 0 aliphatic carbocycles. The lowest BCUT2D eigenvalue weighted by Crippen LogP contribution is -2.25. The number of hydrogen-bond donors (Lipinski definition) is 1. The fourth-order valence-corrected chi connectivity index (χ4v) is 3.81. The second-order valence-corrected chi connectivity index (χ2v) is 8.15. The number of amides is 1. The van der Waals surface area contributed by atoms with Crippen molar-refractivity contribution in [1.29, 1.82) is 0 Å². The van der Waals surface area contributed by atoms with Gasteiger partial charge < -0.3 is 5.32 Å². The molecule has 5 nitrogen and oxygen atoms in total. The monoisotopic (exact) mass is 402 g/mol. The van der Waals surface area contributed by atoms with Gasteiger partial charge in [0.05, 0.1) is 35.0 Å². The Balaban J connectivity index is 1.67. The number of thiazole rings is 1. The molecule has 2 aromatic heterocycles. The van der Waals surface area contributed by atoms with Crippen molar-refractivity contribution in [3.05, 3.63) is 62.3 Å². The van der Waals surface area contributed by atoms with Gasteiger partial charge in [0.15, 0.2) is 0 Å². The van der Waals surface area contributed by atoms with Crippen molar-refractivity contribution in [3.63, 3.8) is 0 Å². The number of nitrogens with zero attached hydrogens (tertiary/aromatic N) is 3. The first-order chi connectivity index (χ1) is 12.8. The van der Waals surface area contributed by atoms with Gasteiger partial charge in [0.1, 0.15) is 0 Å². The van der Waals surface area contributed by atoms with Crippen LogP contribution in [0.5, 0.6) is 0 Å². The molecule has 0 saturated carbocycles. The second-order valence-electron chi connectivity index (χ2n) is 6.82.